The lowest BCUT2D eigenvalue weighted by Crippen LogP contribution is -2.51. The Balaban J connectivity index is 1.33. The zero-order valence-corrected chi connectivity index (χ0v) is 16.0. The third kappa shape index (κ3) is 6.03. The number of piperazine rings is 1. The normalized spacial score (nSPS) is 18.6. The van der Waals surface area contributed by atoms with E-state index in [4.69, 9.17) is 0 Å². The summed E-state index contributed by atoms with van der Waals surface area (Å²) in [6.07, 6.45) is 6.88. The van der Waals surface area contributed by atoms with Crippen molar-refractivity contribution in [3.05, 3.63) is 35.6 Å². The number of carbonyl (C=O) groups excluding carboxylic acids is 2. The molecule has 2 aliphatic rings. The van der Waals surface area contributed by atoms with E-state index in [1.807, 2.05) is 4.90 Å². The number of hydrogen-bond donors (Lipinski definition) is 1. The van der Waals surface area contributed by atoms with Crippen LogP contribution >= 0.6 is 0 Å². The van der Waals surface area contributed by atoms with Gasteiger partial charge in [-0.1, -0.05) is 43.9 Å². The lowest BCUT2D eigenvalue weighted by Gasteiger charge is -2.34. The molecule has 2 amide bonds. The Labute approximate surface area is 160 Å². The average molecular weight is 375 g/mol. The fourth-order valence-electron chi connectivity index (χ4n) is 4.03. The van der Waals surface area contributed by atoms with Gasteiger partial charge in [0.1, 0.15) is 5.82 Å². The van der Waals surface area contributed by atoms with Gasteiger partial charge in [-0.05, 0) is 18.4 Å². The Hall–Kier alpha value is -1.95. The predicted molar refractivity (Wildman–Crippen MR) is 102 cm³/mol. The molecule has 1 aromatic rings. The van der Waals surface area contributed by atoms with Crippen molar-refractivity contribution in [3.8, 4) is 0 Å². The first kappa shape index (κ1) is 19.8. The number of rotatable bonds is 7. The van der Waals surface area contributed by atoms with E-state index < -0.39 is 0 Å². The van der Waals surface area contributed by atoms with Gasteiger partial charge in [-0.2, -0.15) is 0 Å². The average Bonchev–Trinajstić information content (AvgIpc) is 3.20. The Bertz CT molecular complexity index is 638. The lowest BCUT2D eigenvalue weighted by atomic mass is 10.0. The van der Waals surface area contributed by atoms with Crippen LogP contribution in [0.25, 0.3) is 0 Å². The Morgan fingerprint density at radius 1 is 1.07 bits per heavy atom. The molecule has 0 spiro atoms. The van der Waals surface area contributed by atoms with Crippen LogP contribution in [0.2, 0.25) is 0 Å². The molecule has 1 saturated carbocycles. The zero-order chi connectivity index (χ0) is 19.1. The van der Waals surface area contributed by atoms with Gasteiger partial charge >= 0.3 is 0 Å². The van der Waals surface area contributed by atoms with Gasteiger partial charge in [0.25, 0.3) is 0 Å². The standard InChI is InChI=1S/C21H30FN3O2/c22-19-8-4-3-7-18(19)15-23-20(26)16-24-11-13-25(14-12-24)21(27)10-9-17-5-1-2-6-17/h3-4,7-8,17H,1-2,5-6,9-16H2,(H,23,26). The molecule has 1 aromatic carbocycles. The van der Waals surface area contributed by atoms with Gasteiger partial charge < -0.3 is 10.2 Å². The van der Waals surface area contributed by atoms with Gasteiger partial charge in [0, 0.05) is 44.7 Å². The highest BCUT2D eigenvalue weighted by atomic mass is 19.1. The van der Waals surface area contributed by atoms with Crippen molar-refractivity contribution >= 4 is 11.8 Å². The smallest absolute Gasteiger partial charge is 0.234 e. The first-order chi connectivity index (χ1) is 13.1. The third-order valence-corrected chi connectivity index (χ3v) is 5.77. The molecule has 1 saturated heterocycles. The summed E-state index contributed by atoms with van der Waals surface area (Å²) in [6, 6.07) is 6.46. The van der Waals surface area contributed by atoms with Gasteiger partial charge in [-0.3, -0.25) is 14.5 Å². The summed E-state index contributed by atoms with van der Waals surface area (Å²) in [5.74, 6) is 0.584. The fourth-order valence-corrected chi connectivity index (χ4v) is 4.03. The maximum Gasteiger partial charge on any atom is 0.234 e. The summed E-state index contributed by atoms with van der Waals surface area (Å²) in [5, 5.41) is 2.77. The number of carbonyl (C=O) groups is 2. The molecule has 0 atom stereocenters. The minimum atomic E-state index is -0.303. The van der Waals surface area contributed by atoms with Crippen LogP contribution in [0.15, 0.2) is 24.3 Å². The molecular weight excluding hydrogens is 345 g/mol. The number of hydrogen-bond acceptors (Lipinski definition) is 3. The van der Waals surface area contributed by atoms with Crippen molar-refractivity contribution in [3.63, 3.8) is 0 Å². The van der Waals surface area contributed by atoms with Gasteiger partial charge in [-0.15, -0.1) is 0 Å². The largest absolute Gasteiger partial charge is 0.351 e. The molecule has 148 valence electrons. The zero-order valence-electron chi connectivity index (χ0n) is 16.0. The highest BCUT2D eigenvalue weighted by Crippen LogP contribution is 2.28. The second-order valence-corrected chi connectivity index (χ2v) is 7.71. The van der Waals surface area contributed by atoms with Crippen LogP contribution in [0.4, 0.5) is 4.39 Å². The van der Waals surface area contributed by atoms with Crippen molar-refractivity contribution in [1.82, 2.24) is 15.1 Å². The molecule has 1 N–H and O–H groups in total. The summed E-state index contributed by atoms with van der Waals surface area (Å²) < 4.78 is 13.6. The third-order valence-electron chi connectivity index (χ3n) is 5.77. The molecule has 0 aromatic heterocycles. The first-order valence-corrected chi connectivity index (χ1v) is 10.1. The summed E-state index contributed by atoms with van der Waals surface area (Å²) >= 11 is 0. The van der Waals surface area contributed by atoms with Crippen molar-refractivity contribution < 1.29 is 14.0 Å². The number of halogens is 1. The maximum atomic E-state index is 13.6. The minimum Gasteiger partial charge on any atom is -0.351 e. The van der Waals surface area contributed by atoms with E-state index in [0.717, 1.165) is 12.3 Å². The molecule has 2 fully saturated rings. The van der Waals surface area contributed by atoms with Crippen LogP contribution < -0.4 is 5.32 Å². The molecule has 0 radical (unpaired) electrons. The summed E-state index contributed by atoms with van der Waals surface area (Å²) in [5.41, 5.74) is 0.489. The molecule has 1 aliphatic heterocycles. The Morgan fingerprint density at radius 2 is 1.78 bits per heavy atom. The van der Waals surface area contributed by atoms with Crippen molar-refractivity contribution in [1.29, 1.82) is 0 Å². The van der Waals surface area contributed by atoms with E-state index in [9.17, 15) is 14.0 Å². The van der Waals surface area contributed by atoms with Crippen LogP contribution in [0.5, 0.6) is 0 Å². The number of benzene rings is 1. The second kappa shape index (κ2) is 9.83. The maximum absolute atomic E-state index is 13.6. The Morgan fingerprint density at radius 3 is 2.48 bits per heavy atom. The molecule has 27 heavy (non-hydrogen) atoms. The number of nitrogens with zero attached hydrogens (tertiary/aromatic N) is 2. The first-order valence-electron chi connectivity index (χ1n) is 10.1. The van der Waals surface area contributed by atoms with Crippen molar-refractivity contribution in [2.75, 3.05) is 32.7 Å². The van der Waals surface area contributed by atoms with Crippen molar-refractivity contribution in [2.24, 2.45) is 5.92 Å². The van der Waals surface area contributed by atoms with Gasteiger partial charge in [0.2, 0.25) is 11.8 Å². The molecule has 1 aliphatic carbocycles. The van der Waals surface area contributed by atoms with E-state index in [2.05, 4.69) is 10.2 Å². The van der Waals surface area contributed by atoms with E-state index in [1.165, 1.54) is 31.7 Å². The van der Waals surface area contributed by atoms with Crippen LogP contribution in [0.3, 0.4) is 0 Å². The molecule has 0 unspecified atom stereocenters. The molecule has 6 heteroatoms. The predicted octanol–water partition coefficient (Wildman–Crippen LogP) is 2.56. The van der Waals surface area contributed by atoms with Crippen LogP contribution in [-0.4, -0.2) is 54.3 Å². The summed E-state index contributed by atoms with van der Waals surface area (Å²) in [7, 11) is 0. The SMILES string of the molecule is O=C(CN1CCN(C(=O)CCC2CCCC2)CC1)NCc1ccccc1F. The second-order valence-electron chi connectivity index (χ2n) is 7.71. The molecule has 1 heterocycles. The van der Waals surface area contributed by atoms with Gasteiger partial charge in [-0.25, -0.2) is 4.39 Å². The highest BCUT2D eigenvalue weighted by molar-refractivity contribution is 5.78. The van der Waals surface area contributed by atoms with Crippen LogP contribution in [0.1, 0.15) is 44.1 Å². The highest BCUT2D eigenvalue weighted by Gasteiger charge is 2.23. The fraction of sp³-hybridized carbons (Fsp3) is 0.619. The van der Waals surface area contributed by atoms with E-state index >= 15 is 0 Å². The van der Waals surface area contributed by atoms with Crippen LogP contribution in [0, 0.1) is 11.7 Å². The molecular formula is C21H30FN3O2. The van der Waals surface area contributed by atoms with Gasteiger partial charge in [0.15, 0.2) is 0 Å². The monoisotopic (exact) mass is 375 g/mol. The van der Waals surface area contributed by atoms with E-state index in [1.54, 1.807) is 18.2 Å². The van der Waals surface area contributed by atoms with Gasteiger partial charge in [0.05, 0.1) is 6.54 Å². The molecule has 3 rings (SSSR count). The molecule has 5 nitrogen and oxygen atoms in total. The van der Waals surface area contributed by atoms with E-state index in [-0.39, 0.29) is 24.2 Å². The molecule has 0 bridgehead atoms. The number of nitrogens with one attached hydrogen (secondary N) is 1. The quantitative estimate of drug-likeness (QED) is 0.797. The minimum absolute atomic E-state index is 0.112. The van der Waals surface area contributed by atoms with Crippen LogP contribution in [-0.2, 0) is 16.1 Å². The lowest BCUT2D eigenvalue weighted by molar-refractivity contribution is -0.133. The topological polar surface area (TPSA) is 52.7 Å². The Kier molecular flexibility index (Phi) is 7.21. The summed E-state index contributed by atoms with van der Waals surface area (Å²) in [6.45, 7) is 3.28. The number of amides is 2. The van der Waals surface area contributed by atoms with Crippen molar-refractivity contribution in [2.45, 2.75) is 45.1 Å². The van der Waals surface area contributed by atoms with E-state index in [0.29, 0.717) is 44.7 Å². The summed E-state index contributed by atoms with van der Waals surface area (Å²) in [4.78, 5) is 28.5.